The van der Waals surface area contributed by atoms with Gasteiger partial charge in [-0.1, -0.05) is 25.1 Å². The van der Waals surface area contributed by atoms with Gasteiger partial charge in [-0.05, 0) is 42.9 Å². The Morgan fingerprint density at radius 1 is 1.35 bits per heavy atom. The van der Waals surface area contributed by atoms with Crippen molar-refractivity contribution >= 4 is 20.9 Å². The van der Waals surface area contributed by atoms with Crippen molar-refractivity contribution in [3.63, 3.8) is 0 Å². The first kappa shape index (κ1) is 16.4. The number of nitrogens with zero attached hydrogens (tertiary/aromatic N) is 1. The number of benzene rings is 1. The third-order valence-electron chi connectivity index (χ3n) is 4.37. The molecule has 2 aromatic rings. The predicted molar refractivity (Wildman–Crippen MR) is 90.4 cm³/mol. The first-order valence-corrected chi connectivity index (χ1v) is 9.66. The molecule has 0 amide bonds. The van der Waals surface area contributed by atoms with Gasteiger partial charge in [0, 0.05) is 11.6 Å². The molecule has 1 heterocycles. The topological polar surface area (TPSA) is 79.3 Å². The maximum absolute atomic E-state index is 12.2. The zero-order chi connectivity index (χ0) is 16.4. The van der Waals surface area contributed by atoms with Crippen molar-refractivity contribution in [2.24, 2.45) is 5.92 Å². The van der Waals surface area contributed by atoms with Gasteiger partial charge in [-0.15, -0.1) is 0 Å². The molecule has 3 rings (SSSR count). The van der Waals surface area contributed by atoms with Crippen LogP contribution in [0.1, 0.15) is 37.8 Å². The molecule has 0 bridgehead atoms. The van der Waals surface area contributed by atoms with E-state index in [1.165, 1.54) is 0 Å². The normalized spacial score (nSPS) is 22.7. The van der Waals surface area contributed by atoms with Crippen LogP contribution < -0.4 is 4.72 Å². The Labute approximate surface area is 136 Å². The summed E-state index contributed by atoms with van der Waals surface area (Å²) in [4.78, 5) is 4.44. The predicted octanol–water partition coefficient (Wildman–Crippen LogP) is 2.38. The van der Waals surface area contributed by atoms with E-state index in [0.717, 1.165) is 16.5 Å². The molecule has 0 aliphatic heterocycles. The van der Waals surface area contributed by atoms with Gasteiger partial charge in [-0.2, -0.15) is 0 Å². The van der Waals surface area contributed by atoms with E-state index in [-0.39, 0.29) is 23.8 Å². The second-order valence-electron chi connectivity index (χ2n) is 6.26. The second kappa shape index (κ2) is 6.55. The molecular formula is C17H22N2O3S. The van der Waals surface area contributed by atoms with Crippen LogP contribution in [-0.2, 0) is 10.0 Å². The minimum atomic E-state index is -3.33. The van der Waals surface area contributed by atoms with Gasteiger partial charge in [0.15, 0.2) is 0 Å². The van der Waals surface area contributed by atoms with Crippen LogP contribution in [0, 0.1) is 5.92 Å². The zero-order valence-corrected chi connectivity index (χ0v) is 14.0. The summed E-state index contributed by atoms with van der Waals surface area (Å²) in [6, 6.07) is 9.44. The van der Waals surface area contributed by atoms with Crippen LogP contribution in [0.3, 0.4) is 0 Å². The first-order chi connectivity index (χ1) is 11.0. The lowest BCUT2D eigenvalue weighted by Crippen LogP contribution is -2.42. The van der Waals surface area contributed by atoms with Crippen molar-refractivity contribution < 1.29 is 13.5 Å². The number of hydrogen-bond acceptors (Lipinski definition) is 4. The van der Waals surface area contributed by atoms with E-state index in [1.54, 1.807) is 6.20 Å². The van der Waals surface area contributed by atoms with Crippen molar-refractivity contribution in [3.05, 3.63) is 42.1 Å². The van der Waals surface area contributed by atoms with Gasteiger partial charge >= 0.3 is 0 Å². The van der Waals surface area contributed by atoms with Crippen molar-refractivity contribution in [1.82, 2.24) is 9.71 Å². The third kappa shape index (κ3) is 3.71. The van der Waals surface area contributed by atoms with Crippen molar-refractivity contribution in [3.8, 4) is 0 Å². The summed E-state index contributed by atoms with van der Waals surface area (Å²) in [6.07, 6.45) is 3.22. The maximum atomic E-state index is 12.2. The second-order valence-corrected chi connectivity index (χ2v) is 8.13. The van der Waals surface area contributed by atoms with Crippen LogP contribution in [0.25, 0.3) is 10.9 Å². The standard InChI is InChI=1S/C17H22N2O3S/c1-2-7-23(21,22)19-17(13-9-15(20)10-13)14-8-12-5-3-4-6-16(12)18-11-14/h3-6,8,11,13,15,17,19-20H,2,7,9-10H2,1H3/t13?,15?,17-/m0/s1. The minimum absolute atomic E-state index is 0.111. The summed E-state index contributed by atoms with van der Waals surface area (Å²) in [6.45, 7) is 1.85. The number of sulfonamides is 1. The van der Waals surface area contributed by atoms with Crippen LogP contribution in [0.4, 0.5) is 0 Å². The number of aliphatic hydroxyl groups is 1. The van der Waals surface area contributed by atoms with Gasteiger partial charge in [0.25, 0.3) is 0 Å². The zero-order valence-electron chi connectivity index (χ0n) is 13.1. The first-order valence-electron chi connectivity index (χ1n) is 8.01. The van der Waals surface area contributed by atoms with Crippen molar-refractivity contribution in [2.45, 2.75) is 38.3 Å². The highest BCUT2D eigenvalue weighted by Crippen LogP contribution is 2.38. The van der Waals surface area contributed by atoms with Crippen LogP contribution in [0.2, 0.25) is 0 Å². The molecule has 5 nitrogen and oxygen atoms in total. The van der Waals surface area contributed by atoms with E-state index < -0.39 is 10.0 Å². The van der Waals surface area contributed by atoms with Crippen molar-refractivity contribution in [1.29, 1.82) is 0 Å². The summed E-state index contributed by atoms with van der Waals surface area (Å²) < 4.78 is 27.2. The van der Waals surface area contributed by atoms with Gasteiger partial charge in [0.05, 0.1) is 23.4 Å². The fourth-order valence-electron chi connectivity index (χ4n) is 3.12. The largest absolute Gasteiger partial charge is 0.393 e. The molecule has 1 aromatic carbocycles. The number of pyridine rings is 1. The van der Waals surface area contributed by atoms with E-state index in [9.17, 15) is 13.5 Å². The lowest BCUT2D eigenvalue weighted by atomic mass is 9.75. The third-order valence-corrected chi connectivity index (χ3v) is 5.93. The molecule has 0 unspecified atom stereocenters. The highest BCUT2D eigenvalue weighted by atomic mass is 32.2. The number of para-hydroxylation sites is 1. The van der Waals surface area contributed by atoms with Crippen LogP contribution in [0.5, 0.6) is 0 Å². The molecule has 2 N–H and O–H groups in total. The van der Waals surface area contributed by atoms with E-state index in [4.69, 9.17) is 0 Å². The van der Waals surface area contributed by atoms with Gasteiger partial charge in [-0.25, -0.2) is 13.1 Å². The number of aromatic nitrogens is 1. The van der Waals surface area contributed by atoms with Crippen LogP contribution in [0.15, 0.2) is 36.5 Å². The summed E-state index contributed by atoms with van der Waals surface area (Å²) in [5, 5.41) is 10.6. The molecule has 1 aliphatic rings. The fraction of sp³-hybridized carbons (Fsp3) is 0.471. The molecule has 0 spiro atoms. The van der Waals surface area contributed by atoms with E-state index in [2.05, 4.69) is 9.71 Å². The molecule has 1 fully saturated rings. The van der Waals surface area contributed by atoms with Crippen molar-refractivity contribution in [2.75, 3.05) is 5.75 Å². The molecule has 1 aliphatic carbocycles. The molecule has 6 heteroatoms. The number of rotatable bonds is 6. The highest BCUT2D eigenvalue weighted by Gasteiger charge is 2.36. The van der Waals surface area contributed by atoms with Gasteiger partial charge in [0.2, 0.25) is 10.0 Å². The average molecular weight is 334 g/mol. The summed E-state index contributed by atoms with van der Waals surface area (Å²) in [5.41, 5.74) is 1.75. The maximum Gasteiger partial charge on any atom is 0.212 e. The fourth-order valence-corrected chi connectivity index (χ4v) is 4.49. The van der Waals surface area contributed by atoms with E-state index >= 15 is 0 Å². The summed E-state index contributed by atoms with van der Waals surface area (Å²) in [5.74, 6) is 0.222. The quantitative estimate of drug-likeness (QED) is 0.850. The Bertz CT molecular complexity index is 785. The van der Waals surface area contributed by atoms with Gasteiger partial charge in [-0.3, -0.25) is 4.98 Å². The van der Waals surface area contributed by atoms with E-state index in [0.29, 0.717) is 19.3 Å². The number of aliphatic hydroxyl groups excluding tert-OH is 1. The SMILES string of the molecule is CCCS(=O)(=O)N[C@H](c1cnc2ccccc2c1)C1CC(O)C1. The molecule has 1 atom stereocenters. The van der Waals surface area contributed by atoms with Crippen LogP contribution >= 0.6 is 0 Å². The minimum Gasteiger partial charge on any atom is -0.393 e. The lowest BCUT2D eigenvalue weighted by Gasteiger charge is -2.38. The Morgan fingerprint density at radius 2 is 2.09 bits per heavy atom. The number of nitrogens with one attached hydrogen (secondary N) is 1. The Balaban J connectivity index is 1.93. The summed E-state index contributed by atoms with van der Waals surface area (Å²) >= 11 is 0. The molecule has 1 aromatic heterocycles. The highest BCUT2D eigenvalue weighted by molar-refractivity contribution is 7.89. The Kier molecular flexibility index (Phi) is 4.66. The number of hydrogen-bond donors (Lipinski definition) is 2. The van der Waals surface area contributed by atoms with Gasteiger partial charge in [0.1, 0.15) is 0 Å². The lowest BCUT2D eigenvalue weighted by molar-refractivity contribution is 0.0280. The molecule has 0 radical (unpaired) electrons. The number of fused-ring (bicyclic) bond motifs is 1. The Hall–Kier alpha value is -1.50. The monoisotopic (exact) mass is 334 g/mol. The molecule has 124 valence electrons. The molecule has 0 saturated heterocycles. The van der Waals surface area contributed by atoms with Crippen LogP contribution in [-0.4, -0.2) is 30.4 Å². The molecule has 1 saturated carbocycles. The Morgan fingerprint density at radius 3 is 2.78 bits per heavy atom. The molecule has 23 heavy (non-hydrogen) atoms. The average Bonchev–Trinajstić information content (AvgIpc) is 2.49. The molecular weight excluding hydrogens is 312 g/mol. The summed E-state index contributed by atoms with van der Waals surface area (Å²) in [7, 11) is -3.33. The smallest absolute Gasteiger partial charge is 0.212 e. The van der Waals surface area contributed by atoms with Gasteiger partial charge < -0.3 is 5.11 Å². The van der Waals surface area contributed by atoms with E-state index in [1.807, 2.05) is 37.3 Å².